The molecule has 6 amide bonds. The molecule has 4 rings (SSSR count). The lowest BCUT2D eigenvalue weighted by atomic mass is 9.94. The predicted molar refractivity (Wildman–Crippen MR) is 229 cm³/mol. The van der Waals surface area contributed by atoms with Crippen molar-refractivity contribution in [3.8, 4) is 22.6 Å². The molecule has 62 heavy (non-hydrogen) atoms. The summed E-state index contributed by atoms with van der Waals surface area (Å²) < 4.78 is 0. The number of benzene rings is 3. The van der Waals surface area contributed by atoms with Crippen molar-refractivity contribution >= 4 is 41.4 Å². The van der Waals surface area contributed by atoms with E-state index in [1.165, 1.54) is 90.0 Å². The molecule has 334 valence electrons. The van der Waals surface area contributed by atoms with Gasteiger partial charge in [-0.2, -0.15) is 0 Å². The van der Waals surface area contributed by atoms with Gasteiger partial charge in [-0.15, -0.1) is 0 Å². The number of hydrogen-bond donors (Lipinski definition) is 8. The number of aromatic hydroxyl groups is 2. The van der Waals surface area contributed by atoms with Gasteiger partial charge in [0.2, 0.25) is 29.5 Å². The lowest BCUT2D eigenvalue weighted by Crippen LogP contribution is -2.55. The van der Waals surface area contributed by atoms with E-state index in [-0.39, 0.29) is 34.6 Å². The molecule has 0 radical (unpaired) electrons. The van der Waals surface area contributed by atoms with Gasteiger partial charge in [0, 0.05) is 37.2 Å². The SMILES string of the molecule is CCCCCCCCc1ccc(C(=O)N(C)[C@H](CO)C(=O)N[C@H](C)C(=O)NCC(=O)N(C)[C@@H]2C(=O)N[C@@H](C)C(=O)N[C@H](C(=O)O)Cc3ccc(O)c(c3)-c3cc2ccc3O)cc1. The number of aryl methyl sites for hydroxylation is 1. The first kappa shape index (κ1) is 48.2. The highest BCUT2D eigenvalue weighted by Crippen LogP contribution is 2.38. The van der Waals surface area contributed by atoms with Crippen molar-refractivity contribution < 1.29 is 54.0 Å². The molecule has 17 heteroatoms. The number of amides is 6. The number of likely N-dealkylation sites (N-methyl/N-ethyl adjacent to an activating group) is 2. The van der Waals surface area contributed by atoms with E-state index in [4.69, 9.17) is 0 Å². The first-order chi connectivity index (χ1) is 29.5. The fourth-order valence-corrected chi connectivity index (χ4v) is 7.12. The number of carbonyl (C=O) groups excluding carboxylic acids is 6. The van der Waals surface area contributed by atoms with Crippen molar-refractivity contribution in [2.24, 2.45) is 0 Å². The smallest absolute Gasteiger partial charge is 0.326 e. The highest BCUT2D eigenvalue weighted by Gasteiger charge is 2.34. The predicted octanol–water partition coefficient (Wildman–Crippen LogP) is 2.55. The number of carboxylic acid groups (broad SMARTS) is 1. The van der Waals surface area contributed by atoms with Gasteiger partial charge >= 0.3 is 5.97 Å². The topological polar surface area (TPSA) is 255 Å². The van der Waals surface area contributed by atoms with E-state index in [0.29, 0.717) is 11.1 Å². The molecule has 8 N–H and O–H groups in total. The number of phenolic OH excluding ortho intramolecular Hbond substituents is 2. The fourth-order valence-electron chi connectivity index (χ4n) is 7.12. The van der Waals surface area contributed by atoms with Crippen LogP contribution in [-0.2, 0) is 41.6 Å². The molecule has 3 aromatic rings. The van der Waals surface area contributed by atoms with E-state index in [2.05, 4.69) is 28.2 Å². The lowest BCUT2D eigenvalue weighted by molar-refractivity contribution is -0.143. The molecule has 1 heterocycles. The van der Waals surface area contributed by atoms with Crippen LogP contribution in [0.2, 0.25) is 0 Å². The third kappa shape index (κ3) is 12.5. The summed E-state index contributed by atoms with van der Waals surface area (Å²) in [6.45, 7) is 3.44. The Kier molecular flexibility index (Phi) is 17.4. The minimum absolute atomic E-state index is 0.0598. The average molecular weight is 859 g/mol. The van der Waals surface area contributed by atoms with E-state index < -0.39 is 84.8 Å². The van der Waals surface area contributed by atoms with E-state index in [9.17, 15) is 54.0 Å². The lowest BCUT2D eigenvalue weighted by Gasteiger charge is -2.30. The normalized spacial score (nSPS) is 17.3. The summed E-state index contributed by atoms with van der Waals surface area (Å²) in [6.07, 6.45) is 7.70. The number of hydrogen-bond acceptors (Lipinski definition) is 10. The summed E-state index contributed by atoms with van der Waals surface area (Å²) in [4.78, 5) is 94.5. The van der Waals surface area contributed by atoms with Gasteiger partial charge < -0.3 is 51.5 Å². The number of aliphatic hydroxyl groups is 1. The summed E-state index contributed by atoms with van der Waals surface area (Å²) >= 11 is 0. The highest BCUT2D eigenvalue weighted by atomic mass is 16.4. The Hall–Kier alpha value is -6.49. The molecular weight excluding hydrogens is 801 g/mol. The van der Waals surface area contributed by atoms with Crippen LogP contribution in [-0.4, -0.2) is 123 Å². The largest absolute Gasteiger partial charge is 0.507 e. The van der Waals surface area contributed by atoms with E-state index in [1.54, 1.807) is 12.1 Å². The number of carbonyl (C=O) groups is 7. The van der Waals surface area contributed by atoms with Crippen molar-refractivity contribution in [2.75, 3.05) is 27.2 Å². The van der Waals surface area contributed by atoms with Crippen molar-refractivity contribution in [1.82, 2.24) is 31.1 Å². The number of rotatable bonds is 17. The summed E-state index contributed by atoms with van der Waals surface area (Å²) in [5, 5.41) is 51.3. The molecule has 0 aromatic heterocycles. The van der Waals surface area contributed by atoms with Gasteiger partial charge in [0.15, 0.2) is 0 Å². The van der Waals surface area contributed by atoms with Gasteiger partial charge in [0.05, 0.1) is 13.2 Å². The number of phenols is 2. The summed E-state index contributed by atoms with van der Waals surface area (Å²) in [5.74, 6) is -6.55. The first-order valence-corrected chi connectivity index (χ1v) is 20.8. The third-order valence-electron chi connectivity index (χ3n) is 11.0. The number of fused-ring (bicyclic) bond motifs is 5. The van der Waals surface area contributed by atoms with Crippen LogP contribution in [0.4, 0.5) is 0 Å². The van der Waals surface area contributed by atoms with Crippen LogP contribution in [0.15, 0.2) is 60.7 Å². The van der Waals surface area contributed by atoms with Crippen LogP contribution in [0.3, 0.4) is 0 Å². The molecule has 1 aliphatic heterocycles. The van der Waals surface area contributed by atoms with E-state index in [0.717, 1.165) is 34.6 Å². The molecule has 0 saturated heterocycles. The zero-order valence-electron chi connectivity index (χ0n) is 35.8. The minimum Gasteiger partial charge on any atom is -0.507 e. The first-order valence-electron chi connectivity index (χ1n) is 20.8. The van der Waals surface area contributed by atoms with Gasteiger partial charge in [0.1, 0.15) is 41.7 Å². The Labute approximate surface area is 360 Å². The van der Waals surface area contributed by atoms with Crippen LogP contribution in [0.25, 0.3) is 11.1 Å². The molecule has 5 atom stereocenters. The van der Waals surface area contributed by atoms with Gasteiger partial charge in [0.25, 0.3) is 5.91 Å². The molecule has 0 fully saturated rings. The molecule has 0 spiro atoms. The average Bonchev–Trinajstić information content (AvgIpc) is 3.24. The third-order valence-corrected chi connectivity index (χ3v) is 11.0. The van der Waals surface area contributed by atoms with Crippen LogP contribution >= 0.6 is 0 Å². The second kappa shape index (κ2) is 22.4. The Morgan fingerprint density at radius 3 is 2.10 bits per heavy atom. The Bertz CT molecular complexity index is 2110. The molecule has 0 unspecified atom stereocenters. The second-order valence-electron chi connectivity index (χ2n) is 15.6. The monoisotopic (exact) mass is 858 g/mol. The maximum atomic E-state index is 13.9. The van der Waals surface area contributed by atoms with Crippen molar-refractivity contribution in [3.05, 3.63) is 82.9 Å². The van der Waals surface area contributed by atoms with Gasteiger partial charge in [-0.3, -0.25) is 28.8 Å². The van der Waals surface area contributed by atoms with E-state index in [1.807, 2.05) is 12.1 Å². The standard InChI is InChI=1S/C45H58N6O11/c1-6-7-8-9-10-11-12-28-13-16-30(17-14-28)44(60)50(4)35(25-52)42(58)47-26(2)40(56)46-24-38(55)51(5)39-31-18-20-37(54)33(23-31)32-21-29(15-19-36(32)53)22-34(45(61)62)49-41(57)27(3)48-43(39)59/h13-21,23,26-27,34-35,39,52-54H,6-12,22,24-25H2,1-5H3,(H,46,56)(H,47,58)(H,48,59)(H,49,57)(H,61,62)/t26-,27+,34+,35-,39+/m1/s1. The number of unbranched alkanes of at least 4 members (excludes halogenated alkanes) is 5. The Morgan fingerprint density at radius 1 is 0.823 bits per heavy atom. The zero-order chi connectivity index (χ0) is 45.7. The van der Waals surface area contributed by atoms with Crippen LogP contribution < -0.4 is 21.3 Å². The summed E-state index contributed by atoms with van der Waals surface area (Å²) in [6, 6.07) is 8.52. The molecule has 4 bridgehead atoms. The van der Waals surface area contributed by atoms with Crippen LogP contribution in [0.5, 0.6) is 11.5 Å². The van der Waals surface area contributed by atoms with Crippen molar-refractivity contribution in [3.63, 3.8) is 0 Å². The maximum absolute atomic E-state index is 13.9. The number of carboxylic acids is 1. The Morgan fingerprint density at radius 2 is 1.45 bits per heavy atom. The number of nitrogens with one attached hydrogen (secondary N) is 4. The summed E-state index contributed by atoms with van der Waals surface area (Å²) in [7, 11) is 2.63. The number of nitrogens with zero attached hydrogens (tertiary/aromatic N) is 2. The minimum atomic E-state index is -1.48. The highest BCUT2D eigenvalue weighted by molar-refractivity contribution is 5.99. The van der Waals surface area contributed by atoms with Crippen molar-refractivity contribution in [2.45, 2.75) is 102 Å². The quantitative estimate of drug-likeness (QED) is 0.0916. The molecule has 17 nitrogen and oxygen atoms in total. The van der Waals surface area contributed by atoms with Gasteiger partial charge in [-0.05, 0) is 79.8 Å². The van der Waals surface area contributed by atoms with Crippen LogP contribution in [0.1, 0.15) is 92.4 Å². The fraction of sp³-hybridized carbons (Fsp3) is 0.444. The van der Waals surface area contributed by atoms with Gasteiger partial charge in [-0.1, -0.05) is 63.3 Å². The molecule has 0 aliphatic carbocycles. The molecule has 1 aliphatic rings. The number of aliphatic carboxylic acids is 1. The van der Waals surface area contributed by atoms with Gasteiger partial charge in [-0.25, -0.2) is 4.79 Å². The summed E-state index contributed by atoms with van der Waals surface area (Å²) in [5.41, 5.74) is 2.11. The van der Waals surface area contributed by atoms with Crippen molar-refractivity contribution in [1.29, 1.82) is 0 Å². The Balaban J connectivity index is 1.44. The molecular formula is C45H58N6O11. The zero-order valence-corrected chi connectivity index (χ0v) is 35.8. The molecule has 3 aromatic carbocycles. The van der Waals surface area contributed by atoms with E-state index >= 15 is 0 Å². The second-order valence-corrected chi connectivity index (χ2v) is 15.6. The number of aliphatic hydroxyl groups excluding tert-OH is 1. The molecule has 0 saturated carbocycles. The van der Waals surface area contributed by atoms with Crippen LogP contribution in [0, 0.1) is 0 Å². The maximum Gasteiger partial charge on any atom is 0.326 e.